The predicted octanol–water partition coefficient (Wildman–Crippen LogP) is 2.81. The van der Waals surface area contributed by atoms with Gasteiger partial charge in [-0.05, 0) is 43.7 Å². The highest BCUT2D eigenvalue weighted by molar-refractivity contribution is 7.89. The van der Waals surface area contributed by atoms with E-state index in [1.165, 1.54) is 20.2 Å². The van der Waals surface area contributed by atoms with Gasteiger partial charge < -0.3 is 5.32 Å². The maximum Gasteiger partial charge on any atom is 0.255 e. The largest absolute Gasteiger partial charge is 0.322 e. The molecule has 0 aliphatic rings. The number of nitrogens with one attached hydrogen (secondary N) is 1. The standard InChI is InChI=1S/C17H20N2O3S/c1-12-5-8-14(9-6-12)17(20)18-15-10-7-13(2)16(11-15)23(21,22)19(3)4/h5-11H,1-4H3,(H,18,20). The second kappa shape index (κ2) is 6.52. The first kappa shape index (κ1) is 17.2. The maximum atomic E-state index is 12.3. The van der Waals surface area contributed by atoms with E-state index in [4.69, 9.17) is 0 Å². The van der Waals surface area contributed by atoms with Gasteiger partial charge in [-0.3, -0.25) is 4.79 Å². The Balaban J connectivity index is 2.31. The molecule has 2 aromatic rings. The third kappa shape index (κ3) is 3.78. The lowest BCUT2D eigenvalue weighted by Gasteiger charge is -2.15. The van der Waals surface area contributed by atoms with Crippen molar-refractivity contribution in [2.24, 2.45) is 0 Å². The molecule has 1 amide bonds. The minimum Gasteiger partial charge on any atom is -0.322 e. The van der Waals surface area contributed by atoms with Crippen LogP contribution >= 0.6 is 0 Å². The lowest BCUT2D eigenvalue weighted by Crippen LogP contribution is -2.23. The van der Waals surface area contributed by atoms with Gasteiger partial charge in [-0.25, -0.2) is 12.7 Å². The Hall–Kier alpha value is -2.18. The van der Waals surface area contributed by atoms with Gasteiger partial charge in [0.15, 0.2) is 0 Å². The number of benzene rings is 2. The first-order valence-electron chi connectivity index (χ1n) is 7.13. The summed E-state index contributed by atoms with van der Waals surface area (Å²) < 4.78 is 25.8. The topological polar surface area (TPSA) is 66.5 Å². The summed E-state index contributed by atoms with van der Waals surface area (Å²) in [6.07, 6.45) is 0. The number of anilines is 1. The summed E-state index contributed by atoms with van der Waals surface area (Å²) in [7, 11) is -0.597. The molecule has 23 heavy (non-hydrogen) atoms. The van der Waals surface area contributed by atoms with Gasteiger partial charge in [0.05, 0.1) is 4.90 Å². The first-order valence-corrected chi connectivity index (χ1v) is 8.57. The zero-order chi connectivity index (χ0) is 17.2. The van der Waals surface area contributed by atoms with E-state index in [-0.39, 0.29) is 10.8 Å². The lowest BCUT2D eigenvalue weighted by atomic mass is 10.1. The Morgan fingerprint density at radius 2 is 1.61 bits per heavy atom. The molecule has 0 aromatic heterocycles. The molecular weight excluding hydrogens is 312 g/mol. The molecule has 0 aliphatic heterocycles. The van der Waals surface area contributed by atoms with Crippen LogP contribution in [0.3, 0.4) is 0 Å². The fourth-order valence-corrected chi connectivity index (χ4v) is 3.20. The number of hydrogen-bond donors (Lipinski definition) is 1. The van der Waals surface area contributed by atoms with Gasteiger partial charge in [-0.1, -0.05) is 23.8 Å². The summed E-state index contributed by atoms with van der Waals surface area (Å²) in [6, 6.07) is 12.0. The van der Waals surface area contributed by atoms with Crippen molar-refractivity contribution in [3.8, 4) is 0 Å². The number of carbonyl (C=O) groups is 1. The Morgan fingerprint density at radius 1 is 1.00 bits per heavy atom. The van der Waals surface area contributed by atoms with E-state index in [2.05, 4.69) is 5.32 Å². The Bertz CT molecular complexity index is 825. The zero-order valence-corrected chi connectivity index (χ0v) is 14.4. The van der Waals surface area contributed by atoms with Crippen molar-refractivity contribution in [2.75, 3.05) is 19.4 Å². The summed E-state index contributed by atoms with van der Waals surface area (Å²) in [6.45, 7) is 3.67. The van der Waals surface area contributed by atoms with E-state index in [1.807, 2.05) is 19.1 Å². The molecule has 0 saturated heterocycles. The van der Waals surface area contributed by atoms with Crippen LogP contribution in [0.2, 0.25) is 0 Å². The molecule has 0 saturated carbocycles. The quantitative estimate of drug-likeness (QED) is 0.936. The van der Waals surface area contributed by atoms with Crippen LogP contribution in [-0.2, 0) is 10.0 Å². The van der Waals surface area contributed by atoms with Crippen LogP contribution in [0.4, 0.5) is 5.69 Å². The number of aryl methyl sites for hydroxylation is 2. The number of rotatable bonds is 4. The van der Waals surface area contributed by atoms with Crippen LogP contribution in [0.25, 0.3) is 0 Å². The highest BCUT2D eigenvalue weighted by Crippen LogP contribution is 2.22. The van der Waals surface area contributed by atoms with Crippen molar-refractivity contribution in [3.05, 3.63) is 59.2 Å². The molecule has 0 heterocycles. The molecule has 0 aliphatic carbocycles. The van der Waals surface area contributed by atoms with Crippen LogP contribution in [-0.4, -0.2) is 32.7 Å². The summed E-state index contributed by atoms with van der Waals surface area (Å²) in [5.41, 5.74) is 2.66. The van der Waals surface area contributed by atoms with Crippen LogP contribution < -0.4 is 5.32 Å². The van der Waals surface area contributed by atoms with E-state index in [0.717, 1.165) is 9.87 Å². The van der Waals surface area contributed by atoms with Gasteiger partial charge in [0.25, 0.3) is 5.91 Å². The number of hydrogen-bond acceptors (Lipinski definition) is 3. The second-order valence-corrected chi connectivity index (χ2v) is 7.71. The Labute approximate surface area is 137 Å². The summed E-state index contributed by atoms with van der Waals surface area (Å²) in [5.74, 6) is -0.276. The minimum absolute atomic E-state index is 0.184. The number of nitrogens with zero attached hydrogens (tertiary/aromatic N) is 1. The van der Waals surface area contributed by atoms with Gasteiger partial charge in [-0.2, -0.15) is 0 Å². The molecule has 122 valence electrons. The lowest BCUT2D eigenvalue weighted by molar-refractivity contribution is 0.102. The average molecular weight is 332 g/mol. The predicted molar refractivity (Wildman–Crippen MR) is 91.2 cm³/mol. The van der Waals surface area contributed by atoms with Gasteiger partial charge in [0.2, 0.25) is 10.0 Å². The normalized spacial score (nSPS) is 11.5. The van der Waals surface area contributed by atoms with Crippen molar-refractivity contribution in [1.29, 1.82) is 0 Å². The molecule has 0 unspecified atom stereocenters. The van der Waals surface area contributed by atoms with Gasteiger partial charge in [0.1, 0.15) is 0 Å². The number of carbonyl (C=O) groups excluding carboxylic acids is 1. The molecule has 0 fully saturated rings. The molecule has 2 aromatic carbocycles. The van der Waals surface area contributed by atoms with E-state index in [9.17, 15) is 13.2 Å². The smallest absolute Gasteiger partial charge is 0.255 e. The molecule has 0 radical (unpaired) electrons. The van der Waals surface area contributed by atoms with E-state index in [1.54, 1.807) is 31.2 Å². The first-order chi connectivity index (χ1) is 10.7. The molecule has 5 nitrogen and oxygen atoms in total. The van der Waals surface area contributed by atoms with Crippen molar-refractivity contribution in [2.45, 2.75) is 18.7 Å². The molecule has 0 bridgehead atoms. The van der Waals surface area contributed by atoms with Crippen molar-refractivity contribution >= 4 is 21.6 Å². The fourth-order valence-electron chi connectivity index (χ4n) is 2.06. The van der Waals surface area contributed by atoms with Crippen LogP contribution in [0.5, 0.6) is 0 Å². The van der Waals surface area contributed by atoms with Crippen LogP contribution in [0, 0.1) is 13.8 Å². The zero-order valence-electron chi connectivity index (χ0n) is 13.6. The van der Waals surface area contributed by atoms with E-state index in [0.29, 0.717) is 16.8 Å². The molecule has 2 rings (SSSR count). The highest BCUT2D eigenvalue weighted by Gasteiger charge is 2.20. The SMILES string of the molecule is Cc1ccc(C(=O)Nc2ccc(C)c(S(=O)(=O)N(C)C)c2)cc1. The third-order valence-corrected chi connectivity index (χ3v) is 5.48. The average Bonchev–Trinajstić information content (AvgIpc) is 2.49. The maximum absolute atomic E-state index is 12.3. The summed E-state index contributed by atoms with van der Waals surface area (Å²) in [5, 5.41) is 2.73. The van der Waals surface area contributed by atoms with Crippen molar-refractivity contribution < 1.29 is 13.2 Å². The van der Waals surface area contributed by atoms with Crippen LogP contribution in [0.1, 0.15) is 21.5 Å². The number of amides is 1. The second-order valence-electron chi connectivity index (χ2n) is 5.59. The Morgan fingerprint density at radius 3 is 2.17 bits per heavy atom. The monoisotopic (exact) mass is 332 g/mol. The minimum atomic E-state index is -3.55. The number of sulfonamides is 1. The highest BCUT2D eigenvalue weighted by atomic mass is 32.2. The molecule has 0 spiro atoms. The van der Waals surface area contributed by atoms with E-state index >= 15 is 0 Å². The van der Waals surface area contributed by atoms with Gasteiger partial charge in [-0.15, -0.1) is 0 Å². The summed E-state index contributed by atoms with van der Waals surface area (Å²) >= 11 is 0. The van der Waals surface area contributed by atoms with Gasteiger partial charge in [0, 0.05) is 25.3 Å². The van der Waals surface area contributed by atoms with Crippen molar-refractivity contribution in [3.63, 3.8) is 0 Å². The summed E-state index contributed by atoms with van der Waals surface area (Å²) in [4.78, 5) is 12.4. The van der Waals surface area contributed by atoms with Crippen molar-refractivity contribution in [1.82, 2.24) is 4.31 Å². The van der Waals surface area contributed by atoms with Crippen LogP contribution in [0.15, 0.2) is 47.4 Å². The fraction of sp³-hybridized carbons (Fsp3) is 0.235. The molecular formula is C17H20N2O3S. The molecule has 6 heteroatoms. The third-order valence-electron chi connectivity index (χ3n) is 3.52. The molecule has 0 atom stereocenters. The molecule has 1 N–H and O–H groups in total. The Kier molecular flexibility index (Phi) is 4.87. The van der Waals surface area contributed by atoms with E-state index < -0.39 is 10.0 Å². The van der Waals surface area contributed by atoms with Gasteiger partial charge >= 0.3 is 0 Å².